The van der Waals surface area contributed by atoms with E-state index in [4.69, 9.17) is 16.3 Å². The molecule has 0 unspecified atom stereocenters. The van der Waals surface area contributed by atoms with E-state index in [-0.39, 0.29) is 5.91 Å². The molecule has 3 heterocycles. The summed E-state index contributed by atoms with van der Waals surface area (Å²) in [4.78, 5) is 24.0. The molecule has 2 aromatic heterocycles. The van der Waals surface area contributed by atoms with Crippen LogP contribution in [0.4, 0.5) is 5.82 Å². The lowest BCUT2D eigenvalue weighted by Crippen LogP contribution is -2.37. The molecular weight excluding hydrogens is 376 g/mol. The van der Waals surface area contributed by atoms with Gasteiger partial charge in [0.25, 0.3) is 5.91 Å². The molecule has 1 aliphatic heterocycles. The number of nitrogens with one attached hydrogen (secondary N) is 1. The molecule has 1 aromatic carbocycles. The summed E-state index contributed by atoms with van der Waals surface area (Å²) in [7, 11) is 0. The highest BCUT2D eigenvalue weighted by Gasteiger charge is 2.17. The van der Waals surface area contributed by atoms with Crippen LogP contribution in [0.25, 0.3) is 10.9 Å². The molecule has 0 atom stereocenters. The fourth-order valence-corrected chi connectivity index (χ4v) is 3.53. The van der Waals surface area contributed by atoms with E-state index in [9.17, 15) is 4.79 Å². The molecule has 0 aliphatic carbocycles. The van der Waals surface area contributed by atoms with Gasteiger partial charge in [-0.3, -0.25) is 9.78 Å². The van der Waals surface area contributed by atoms with E-state index in [0.717, 1.165) is 35.4 Å². The second-order valence-corrected chi connectivity index (χ2v) is 7.16. The van der Waals surface area contributed by atoms with Crippen LogP contribution in [0.5, 0.6) is 0 Å². The lowest BCUT2D eigenvalue weighted by atomic mass is 10.1. The van der Waals surface area contributed by atoms with Crippen molar-refractivity contribution in [3.8, 4) is 0 Å². The van der Waals surface area contributed by atoms with Gasteiger partial charge in [0.15, 0.2) is 0 Å². The minimum absolute atomic E-state index is 0.154. The predicted octanol–water partition coefficient (Wildman–Crippen LogP) is 3.36. The Morgan fingerprint density at radius 3 is 2.89 bits per heavy atom. The van der Waals surface area contributed by atoms with Gasteiger partial charge >= 0.3 is 0 Å². The number of carbonyl (C=O) groups is 1. The number of hydrogen-bond acceptors (Lipinski definition) is 5. The largest absolute Gasteiger partial charge is 0.378 e. The van der Waals surface area contributed by atoms with Gasteiger partial charge in [-0.1, -0.05) is 23.7 Å². The van der Waals surface area contributed by atoms with Gasteiger partial charge in [0.2, 0.25) is 0 Å². The van der Waals surface area contributed by atoms with Crippen LogP contribution in [0, 0.1) is 6.92 Å². The summed E-state index contributed by atoms with van der Waals surface area (Å²) < 4.78 is 5.42. The molecule has 0 spiro atoms. The highest BCUT2D eigenvalue weighted by atomic mass is 35.5. The van der Waals surface area contributed by atoms with Crippen LogP contribution in [0.1, 0.15) is 21.6 Å². The molecule has 3 aromatic rings. The number of aromatic nitrogens is 2. The van der Waals surface area contributed by atoms with Crippen molar-refractivity contribution in [1.29, 1.82) is 0 Å². The first-order valence-corrected chi connectivity index (χ1v) is 9.61. The number of ether oxygens (including phenoxy) is 1. The minimum Gasteiger partial charge on any atom is -0.378 e. The van der Waals surface area contributed by atoms with Crippen molar-refractivity contribution in [2.24, 2.45) is 0 Å². The fourth-order valence-electron chi connectivity index (χ4n) is 3.37. The lowest BCUT2D eigenvalue weighted by molar-refractivity contribution is 0.0950. The third-order valence-electron chi connectivity index (χ3n) is 4.83. The second-order valence-electron chi connectivity index (χ2n) is 6.73. The zero-order chi connectivity index (χ0) is 19.5. The van der Waals surface area contributed by atoms with Gasteiger partial charge in [-0.05, 0) is 31.2 Å². The van der Waals surface area contributed by atoms with Crippen molar-refractivity contribution in [1.82, 2.24) is 15.3 Å². The van der Waals surface area contributed by atoms with Crippen LogP contribution in [-0.2, 0) is 11.3 Å². The number of anilines is 1. The zero-order valence-electron chi connectivity index (χ0n) is 15.6. The average Bonchev–Trinajstić information content (AvgIpc) is 2.72. The van der Waals surface area contributed by atoms with E-state index < -0.39 is 0 Å². The van der Waals surface area contributed by atoms with Crippen LogP contribution in [0.3, 0.4) is 0 Å². The van der Waals surface area contributed by atoms with Gasteiger partial charge in [0.05, 0.1) is 30.0 Å². The van der Waals surface area contributed by atoms with Crippen LogP contribution in [0.2, 0.25) is 5.02 Å². The number of amides is 1. The van der Waals surface area contributed by atoms with Crippen molar-refractivity contribution < 1.29 is 9.53 Å². The Bertz CT molecular complexity index is 1020. The van der Waals surface area contributed by atoms with E-state index in [1.54, 1.807) is 18.3 Å². The highest BCUT2D eigenvalue weighted by Crippen LogP contribution is 2.21. The van der Waals surface area contributed by atoms with Crippen LogP contribution >= 0.6 is 11.6 Å². The predicted molar refractivity (Wildman–Crippen MR) is 110 cm³/mol. The lowest BCUT2D eigenvalue weighted by Gasteiger charge is -2.29. The Kier molecular flexibility index (Phi) is 5.41. The number of nitrogens with zero attached hydrogens (tertiary/aromatic N) is 3. The smallest absolute Gasteiger partial charge is 0.253 e. The number of hydrogen-bond donors (Lipinski definition) is 1. The van der Waals surface area contributed by atoms with Gasteiger partial charge in [0, 0.05) is 41.8 Å². The molecule has 0 bridgehead atoms. The molecule has 0 saturated carbocycles. The van der Waals surface area contributed by atoms with Crippen molar-refractivity contribution in [2.75, 3.05) is 31.2 Å². The normalized spacial score (nSPS) is 14.3. The number of benzene rings is 1. The van der Waals surface area contributed by atoms with Crippen LogP contribution in [-0.4, -0.2) is 42.2 Å². The van der Waals surface area contributed by atoms with Crippen LogP contribution < -0.4 is 10.2 Å². The quantitative estimate of drug-likeness (QED) is 0.732. The van der Waals surface area contributed by atoms with E-state index in [1.165, 1.54) is 0 Å². The molecular formula is C21H21ClN4O2. The SMILES string of the molecule is Cc1nc2cc(Cl)ccc2cc1C(=O)NCc1cccnc1N1CCOCC1. The average molecular weight is 397 g/mol. The Morgan fingerprint density at radius 1 is 1.25 bits per heavy atom. The van der Waals surface area contributed by atoms with E-state index in [1.807, 2.05) is 31.2 Å². The van der Waals surface area contributed by atoms with Gasteiger partial charge in [-0.2, -0.15) is 0 Å². The highest BCUT2D eigenvalue weighted by molar-refractivity contribution is 6.31. The summed E-state index contributed by atoms with van der Waals surface area (Å²) >= 11 is 6.03. The summed E-state index contributed by atoms with van der Waals surface area (Å²) in [5.74, 6) is 0.743. The first kappa shape index (κ1) is 18.7. The molecule has 7 heteroatoms. The first-order chi connectivity index (χ1) is 13.6. The molecule has 1 saturated heterocycles. The monoisotopic (exact) mass is 396 g/mol. The fraction of sp³-hybridized carbons (Fsp3) is 0.286. The molecule has 1 amide bonds. The Labute approximate surface area is 168 Å². The third-order valence-corrected chi connectivity index (χ3v) is 5.07. The number of morpholine rings is 1. The van der Waals surface area contributed by atoms with Crippen molar-refractivity contribution in [3.63, 3.8) is 0 Å². The Morgan fingerprint density at radius 2 is 2.07 bits per heavy atom. The molecule has 28 heavy (non-hydrogen) atoms. The summed E-state index contributed by atoms with van der Waals surface area (Å²) in [6.45, 7) is 5.21. The molecule has 1 aliphatic rings. The van der Waals surface area contributed by atoms with E-state index >= 15 is 0 Å². The number of halogens is 1. The second kappa shape index (κ2) is 8.12. The summed E-state index contributed by atoms with van der Waals surface area (Å²) in [6.07, 6.45) is 1.78. The van der Waals surface area contributed by atoms with E-state index in [0.29, 0.717) is 36.0 Å². The number of fused-ring (bicyclic) bond motifs is 1. The van der Waals surface area contributed by atoms with Gasteiger partial charge in [0.1, 0.15) is 5.82 Å². The summed E-state index contributed by atoms with van der Waals surface area (Å²) in [6, 6.07) is 11.2. The Hall–Kier alpha value is -2.70. The maximum atomic E-state index is 12.8. The van der Waals surface area contributed by atoms with Crippen molar-refractivity contribution in [2.45, 2.75) is 13.5 Å². The van der Waals surface area contributed by atoms with Crippen LogP contribution in [0.15, 0.2) is 42.6 Å². The standard InChI is InChI=1S/C21H21ClN4O2/c1-14-18(11-15-4-5-17(22)12-19(15)25-14)21(27)24-13-16-3-2-6-23-20(16)26-7-9-28-10-8-26/h2-6,11-12H,7-10,13H2,1H3,(H,24,27). The first-order valence-electron chi connectivity index (χ1n) is 9.23. The number of aryl methyl sites for hydroxylation is 1. The van der Waals surface area contributed by atoms with Crippen molar-refractivity contribution in [3.05, 3.63) is 64.4 Å². The third kappa shape index (κ3) is 3.93. The molecule has 4 rings (SSSR count). The van der Waals surface area contributed by atoms with Gasteiger partial charge in [-0.15, -0.1) is 0 Å². The minimum atomic E-state index is -0.154. The summed E-state index contributed by atoms with van der Waals surface area (Å²) in [5, 5.41) is 4.52. The molecule has 6 nitrogen and oxygen atoms in total. The number of carbonyl (C=O) groups excluding carboxylic acids is 1. The molecule has 1 fully saturated rings. The van der Waals surface area contributed by atoms with Gasteiger partial charge < -0.3 is 15.0 Å². The van der Waals surface area contributed by atoms with Gasteiger partial charge in [-0.25, -0.2) is 4.98 Å². The molecule has 1 N–H and O–H groups in total. The number of rotatable bonds is 4. The molecule has 0 radical (unpaired) electrons. The topological polar surface area (TPSA) is 67.4 Å². The van der Waals surface area contributed by atoms with E-state index in [2.05, 4.69) is 20.2 Å². The maximum Gasteiger partial charge on any atom is 0.253 e. The number of pyridine rings is 2. The zero-order valence-corrected chi connectivity index (χ0v) is 16.4. The Balaban J connectivity index is 1.53. The maximum absolute atomic E-state index is 12.8. The van der Waals surface area contributed by atoms with Crippen molar-refractivity contribution >= 4 is 34.2 Å². The summed E-state index contributed by atoms with van der Waals surface area (Å²) in [5.41, 5.74) is 3.00. The molecule has 144 valence electrons.